The highest BCUT2D eigenvalue weighted by Crippen LogP contribution is 2.39. The topological polar surface area (TPSA) is 70.6 Å². The van der Waals surface area contributed by atoms with Gasteiger partial charge in [0.25, 0.3) is 10.0 Å². The van der Waals surface area contributed by atoms with Gasteiger partial charge in [0.05, 0.1) is 22.0 Å². The Balaban J connectivity index is 2.25. The highest BCUT2D eigenvalue weighted by Gasteiger charge is 2.30. The van der Waals surface area contributed by atoms with Crippen LogP contribution in [0, 0.1) is 5.92 Å². The largest absolute Gasteiger partial charge is 0.279 e. The van der Waals surface area contributed by atoms with Crippen LogP contribution in [0.15, 0.2) is 78.0 Å². The van der Waals surface area contributed by atoms with Gasteiger partial charge in [-0.25, -0.2) is 8.42 Å². The third kappa shape index (κ3) is 5.06. The Labute approximate surface area is 188 Å². The smallest absolute Gasteiger partial charge is 0.264 e. The van der Waals surface area contributed by atoms with Crippen LogP contribution < -0.4 is 9.21 Å². The molecule has 3 aromatic rings. The van der Waals surface area contributed by atoms with Crippen molar-refractivity contribution in [3.05, 3.63) is 78.1 Å². The Morgan fingerprint density at radius 2 is 1.65 bits per heavy atom. The van der Waals surface area contributed by atoms with E-state index in [4.69, 9.17) is 11.6 Å². The number of nitrogens with zero attached hydrogens (tertiary/aromatic N) is 3. The Hall–Kier alpha value is -2.90. The number of halogens is 1. The quantitative estimate of drug-likeness (QED) is 0.484. The highest BCUT2D eigenvalue weighted by atomic mass is 35.5. The van der Waals surface area contributed by atoms with E-state index in [1.165, 1.54) is 16.1 Å². The van der Waals surface area contributed by atoms with Crippen molar-refractivity contribution < 1.29 is 13.2 Å². The average Bonchev–Trinajstić information content (AvgIpc) is 2.74. The number of sulfonamides is 1. The highest BCUT2D eigenvalue weighted by molar-refractivity contribution is 7.92. The van der Waals surface area contributed by atoms with Crippen molar-refractivity contribution in [2.24, 2.45) is 5.92 Å². The molecule has 0 aliphatic heterocycles. The Kier molecular flexibility index (Phi) is 6.97. The molecule has 162 valence electrons. The van der Waals surface area contributed by atoms with Gasteiger partial charge < -0.3 is 0 Å². The first-order chi connectivity index (χ1) is 14.7. The van der Waals surface area contributed by atoms with Crippen LogP contribution in [0.3, 0.4) is 0 Å². The molecule has 6 nitrogen and oxygen atoms in total. The molecule has 0 aliphatic carbocycles. The van der Waals surface area contributed by atoms with E-state index >= 15 is 0 Å². The average molecular weight is 458 g/mol. The monoisotopic (exact) mass is 457 g/mol. The van der Waals surface area contributed by atoms with Crippen molar-refractivity contribution in [1.82, 2.24) is 4.98 Å². The van der Waals surface area contributed by atoms with E-state index in [0.717, 1.165) is 0 Å². The summed E-state index contributed by atoms with van der Waals surface area (Å²) in [7, 11) is -3.89. The number of carbonyl (C=O) groups excluding carboxylic acids is 1. The molecular weight excluding hydrogens is 434 g/mol. The van der Waals surface area contributed by atoms with Gasteiger partial charge in [0.1, 0.15) is 0 Å². The minimum absolute atomic E-state index is 0.0359. The molecular formula is C23H24ClN3O3S. The van der Waals surface area contributed by atoms with Crippen LogP contribution in [0.4, 0.5) is 17.1 Å². The summed E-state index contributed by atoms with van der Waals surface area (Å²) < 4.78 is 28.6. The number of benzene rings is 2. The summed E-state index contributed by atoms with van der Waals surface area (Å²) in [5.41, 5.74) is 1.31. The van der Waals surface area contributed by atoms with Crippen LogP contribution in [-0.4, -0.2) is 25.9 Å². The van der Waals surface area contributed by atoms with Gasteiger partial charge in [-0.1, -0.05) is 43.6 Å². The van der Waals surface area contributed by atoms with Crippen molar-refractivity contribution in [2.45, 2.75) is 25.7 Å². The van der Waals surface area contributed by atoms with Crippen LogP contribution in [0.1, 0.15) is 20.8 Å². The first-order valence-electron chi connectivity index (χ1n) is 9.80. The number of rotatable bonds is 7. The summed E-state index contributed by atoms with van der Waals surface area (Å²) in [6.45, 7) is 5.53. The predicted molar refractivity (Wildman–Crippen MR) is 124 cm³/mol. The lowest BCUT2D eigenvalue weighted by Crippen LogP contribution is -2.36. The lowest BCUT2D eigenvalue weighted by Gasteiger charge is -2.31. The molecule has 0 unspecified atom stereocenters. The van der Waals surface area contributed by atoms with E-state index in [0.29, 0.717) is 22.1 Å². The van der Waals surface area contributed by atoms with Crippen molar-refractivity contribution in [3.63, 3.8) is 0 Å². The normalized spacial score (nSPS) is 11.4. The van der Waals surface area contributed by atoms with Crippen molar-refractivity contribution in [2.75, 3.05) is 15.7 Å². The summed E-state index contributed by atoms with van der Waals surface area (Å²) in [4.78, 5) is 18.3. The molecule has 8 heteroatoms. The molecule has 31 heavy (non-hydrogen) atoms. The molecule has 0 aliphatic rings. The first kappa shape index (κ1) is 22.8. The van der Waals surface area contributed by atoms with Crippen LogP contribution >= 0.6 is 11.6 Å². The van der Waals surface area contributed by atoms with Crippen LogP contribution in [0.2, 0.25) is 5.02 Å². The Bertz CT molecular complexity index is 1150. The third-order valence-corrected chi connectivity index (χ3v) is 6.57. The zero-order valence-corrected chi connectivity index (χ0v) is 19.1. The van der Waals surface area contributed by atoms with Gasteiger partial charge in [-0.2, -0.15) is 0 Å². The first-order valence-corrected chi connectivity index (χ1v) is 11.6. The molecule has 0 saturated heterocycles. The number of anilines is 3. The molecule has 1 aromatic heterocycles. The standard InChI is InChI=1S/C23H24ClN3O3S/c1-17(2)16-26(31(29,30)21-7-5-4-6-8-21)22-10-9-19(24)15-23(22)27(18(3)28)20-11-13-25-14-12-20/h4-15,17H,16H2,1-3H3. The van der Waals surface area contributed by atoms with E-state index in [1.807, 2.05) is 13.8 Å². The number of carbonyl (C=O) groups is 1. The SMILES string of the molecule is CC(=O)N(c1ccncc1)c1cc(Cl)ccc1N(CC(C)C)S(=O)(=O)c1ccccc1. The maximum absolute atomic E-state index is 13.6. The fourth-order valence-corrected chi connectivity index (χ4v) is 5.08. The fraction of sp³-hybridized carbons (Fsp3) is 0.217. The molecule has 0 saturated carbocycles. The maximum atomic E-state index is 13.6. The van der Waals surface area contributed by atoms with Gasteiger partial charge in [-0.3, -0.25) is 19.0 Å². The van der Waals surface area contributed by atoms with Crippen LogP contribution in [0.5, 0.6) is 0 Å². The third-order valence-electron chi connectivity index (χ3n) is 4.55. The molecule has 0 spiro atoms. The molecule has 1 amide bonds. The van der Waals surface area contributed by atoms with E-state index in [9.17, 15) is 13.2 Å². The minimum atomic E-state index is -3.89. The number of aromatic nitrogens is 1. The molecule has 0 fully saturated rings. The fourth-order valence-electron chi connectivity index (χ4n) is 3.25. The van der Waals surface area contributed by atoms with Crippen LogP contribution in [-0.2, 0) is 14.8 Å². The summed E-state index contributed by atoms with van der Waals surface area (Å²) in [6.07, 6.45) is 3.14. The minimum Gasteiger partial charge on any atom is -0.279 e. The van der Waals surface area contributed by atoms with Crippen LogP contribution in [0.25, 0.3) is 0 Å². The maximum Gasteiger partial charge on any atom is 0.264 e. The van der Waals surface area contributed by atoms with Gasteiger partial charge in [-0.15, -0.1) is 0 Å². The lowest BCUT2D eigenvalue weighted by atomic mass is 10.2. The van der Waals surface area contributed by atoms with Crippen molar-refractivity contribution in [3.8, 4) is 0 Å². The van der Waals surface area contributed by atoms with Crippen molar-refractivity contribution in [1.29, 1.82) is 0 Å². The number of hydrogen-bond donors (Lipinski definition) is 0. The number of amides is 1. The molecule has 0 atom stereocenters. The predicted octanol–water partition coefficient (Wildman–Crippen LogP) is 5.27. The molecule has 0 bridgehead atoms. The van der Waals surface area contributed by atoms with Gasteiger partial charge >= 0.3 is 0 Å². The van der Waals surface area contributed by atoms with Gasteiger partial charge in [0, 0.05) is 30.9 Å². The summed E-state index contributed by atoms with van der Waals surface area (Å²) in [5, 5.41) is 0.390. The molecule has 1 heterocycles. The molecule has 0 N–H and O–H groups in total. The van der Waals surface area contributed by atoms with E-state index in [2.05, 4.69) is 4.98 Å². The zero-order valence-electron chi connectivity index (χ0n) is 17.6. The second kappa shape index (κ2) is 9.49. The van der Waals surface area contributed by atoms with Gasteiger partial charge in [-0.05, 0) is 48.4 Å². The summed E-state index contributed by atoms with van der Waals surface area (Å²) in [6, 6.07) is 16.5. The van der Waals surface area contributed by atoms with Gasteiger partial charge in [0.15, 0.2) is 0 Å². The lowest BCUT2D eigenvalue weighted by molar-refractivity contribution is -0.115. The summed E-state index contributed by atoms with van der Waals surface area (Å²) >= 11 is 6.28. The second-order valence-corrected chi connectivity index (χ2v) is 9.73. The second-order valence-electron chi connectivity index (χ2n) is 7.44. The van der Waals surface area contributed by atoms with E-state index in [1.54, 1.807) is 73.1 Å². The Morgan fingerprint density at radius 3 is 2.23 bits per heavy atom. The molecule has 0 radical (unpaired) electrons. The van der Waals surface area contributed by atoms with E-state index < -0.39 is 10.0 Å². The number of pyridine rings is 1. The summed E-state index contributed by atoms with van der Waals surface area (Å²) in [5.74, 6) is -0.245. The zero-order chi connectivity index (χ0) is 22.6. The van der Waals surface area contributed by atoms with E-state index in [-0.39, 0.29) is 23.3 Å². The Morgan fingerprint density at radius 1 is 1.00 bits per heavy atom. The number of hydrogen-bond acceptors (Lipinski definition) is 4. The van der Waals surface area contributed by atoms with Gasteiger partial charge in [0.2, 0.25) is 5.91 Å². The molecule has 2 aromatic carbocycles. The van der Waals surface area contributed by atoms with Crippen molar-refractivity contribution >= 4 is 44.6 Å². The molecule has 3 rings (SSSR count).